The van der Waals surface area contributed by atoms with E-state index in [-0.39, 0.29) is 0 Å². The molecule has 0 fully saturated rings. The van der Waals surface area contributed by atoms with E-state index in [4.69, 9.17) is 11.6 Å². The number of benzene rings is 1. The van der Waals surface area contributed by atoms with Gasteiger partial charge in [0.2, 0.25) is 0 Å². The Morgan fingerprint density at radius 2 is 2.15 bits per heavy atom. The van der Waals surface area contributed by atoms with Gasteiger partial charge in [0.05, 0.1) is 16.2 Å². The fourth-order valence-corrected chi connectivity index (χ4v) is 2.43. The lowest BCUT2D eigenvalue weighted by molar-refractivity contribution is 0.783. The number of rotatable bonds is 0. The van der Waals surface area contributed by atoms with Crippen LogP contribution in [0.3, 0.4) is 0 Å². The van der Waals surface area contributed by atoms with Crippen molar-refractivity contribution in [3.8, 4) is 0 Å². The number of nitrogens with zero attached hydrogens (tertiary/aromatic N) is 2. The molecule has 0 amide bonds. The maximum absolute atomic E-state index is 6.10. The van der Waals surface area contributed by atoms with Crippen LogP contribution in [0.4, 0.5) is 0 Å². The standard InChI is InChI=1S/C9H8BrClN2/c1-5-9-7(11)3-6(10)4-8(9)13(2)12-5/h3-4H,1-2H3. The van der Waals surface area contributed by atoms with Gasteiger partial charge in [-0.25, -0.2) is 0 Å². The lowest BCUT2D eigenvalue weighted by atomic mass is 10.2. The van der Waals surface area contributed by atoms with Crippen molar-refractivity contribution in [2.45, 2.75) is 6.92 Å². The van der Waals surface area contributed by atoms with Crippen molar-refractivity contribution in [3.63, 3.8) is 0 Å². The topological polar surface area (TPSA) is 17.8 Å². The third-order valence-electron chi connectivity index (χ3n) is 2.04. The minimum Gasteiger partial charge on any atom is -0.268 e. The van der Waals surface area contributed by atoms with E-state index in [1.807, 2.05) is 30.8 Å². The van der Waals surface area contributed by atoms with E-state index in [0.717, 1.165) is 26.1 Å². The van der Waals surface area contributed by atoms with E-state index in [9.17, 15) is 0 Å². The molecule has 0 saturated carbocycles. The molecule has 2 aromatic rings. The van der Waals surface area contributed by atoms with Crippen LogP contribution in [-0.2, 0) is 7.05 Å². The summed E-state index contributed by atoms with van der Waals surface area (Å²) < 4.78 is 2.81. The molecular weight excluding hydrogens is 251 g/mol. The molecule has 0 aliphatic carbocycles. The van der Waals surface area contributed by atoms with Gasteiger partial charge < -0.3 is 0 Å². The first-order chi connectivity index (χ1) is 6.09. The average Bonchev–Trinajstić information content (AvgIpc) is 2.27. The van der Waals surface area contributed by atoms with Gasteiger partial charge in [0.1, 0.15) is 0 Å². The summed E-state index contributed by atoms with van der Waals surface area (Å²) >= 11 is 9.50. The molecule has 1 aromatic heterocycles. The highest BCUT2D eigenvalue weighted by Crippen LogP contribution is 2.29. The van der Waals surface area contributed by atoms with Crippen LogP contribution < -0.4 is 0 Å². The zero-order valence-corrected chi connectivity index (χ0v) is 9.65. The second-order valence-electron chi connectivity index (χ2n) is 2.99. The molecule has 0 aliphatic rings. The molecule has 1 heterocycles. The molecule has 0 saturated heterocycles. The summed E-state index contributed by atoms with van der Waals surface area (Å²) in [4.78, 5) is 0. The van der Waals surface area contributed by atoms with Crippen molar-refractivity contribution in [2.24, 2.45) is 7.05 Å². The fourth-order valence-electron chi connectivity index (χ4n) is 1.50. The van der Waals surface area contributed by atoms with Crippen LogP contribution in [0.15, 0.2) is 16.6 Å². The summed E-state index contributed by atoms with van der Waals surface area (Å²) in [6.45, 7) is 1.96. The Morgan fingerprint density at radius 1 is 1.46 bits per heavy atom. The minimum absolute atomic E-state index is 0.745. The lowest BCUT2D eigenvalue weighted by Gasteiger charge is -1.97. The molecule has 0 bridgehead atoms. The first-order valence-electron chi connectivity index (χ1n) is 3.88. The van der Waals surface area contributed by atoms with Gasteiger partial charge in [-0.2, -0.15) is 5.10 Å². The molecule has 2 nitrogen and oxygen atoms in total. The molecule has 13 heavy (non-hydrogen) atoms. The average molecular weight is 260 g/mol. The number of aryl methyl sites for hydroxylation is 2. The predicted octanol–water partition coefficient (Wildman–Crippen LogP) is 3.30. The van der Waals surface area contributed by atoms with Crippen LogP contribution in [0.25, 0.3) is 10.9 Å². The summed E-state index contributed by atoms with van der Waals surface area (Å²) in [5.74, 6) is 0. The molecule has 0 atom stereocenters. The summed E-state index contributed by atoms with van der Waals surface area (Å²) in [6, 6.07) is 3.90. The first-order valence-corrected chi connectivity index (χ1v) is 5.05. The molecule has 0 N–H and O–H groups in total. The van der Waals surface area contributed by atoms with E-state index >= 15 is 0 Å². The maximum atomic E-state index is 6.10. The van der Waals surface area contributed by atoms with E-state index in [1.165, 1.54) is 0 Å². The van der Waals surface area contributed by atoms with Gasteiger partial charge in [0.25, 0.3) is 0 Å². The smallest absolute Gasteiger partial charge is 0.0708 e. The molecule has 0 spiro atoms. The first kappa shape index (κ1) is 9.03. The molecule has 0 aliphatic heterocycles. The largest absolute Gasteiger partial charge is 0.268 e. The third kappa shape index (κ3) is 1.36. The van der Waals surface area contributed by atoms with Crippen molar-refractivity contribution in [3.05, 3.63) is 27.3 Å². The van der Waals surface area contributed by atoms with E-state index in [1.54, 1.807) is 0 Å². The Kier molecular flexibility index (Phi) is 2.08. The lowest BCUT2D eigenvalue weighted by Crippen LogP contribution is -1.89. The highest BCUT2D eigenvalue weighted by molar-refractivity contribution is 9.10. The van der Waals surface area contributed by atoms with Crippen LogP contribution in [0.2, 0.25) is 5.02 Å². The zero-order chi connectivity index (χ0) is 9.59. The zero-order valence-electron chi connectivity index (χ0n) is 7.31. The van der Waals surface area contributed by atoms with Crippen molar-refractivity contribution >= 4 is 38.4 Å². The highest BCUT2D eigenvalue weighted by Gasteiger charge is 2.09. The normalized spacial score (nSPS) is 11.1. The second kappa shape index (κ2) is 3.00. The van der Waals surface area contributed by atoms with Crippen LogP contribution in [0.1, 0.15) is 5.69 Å². The molecule has 0 unspecified atom stereocenters. The Labute approximate surface area is 89.6 Å². The van der Waals surface area contributed by atoms with Gasteiger partial charge in [-0.3, -0.25) is 4.68 Å². The van der Waals surface area contributed by atoms with Gasteiger partial charge in [-0.15, -0.1) is 0 Å². The summed E-state index contributed by atoms with van der Waals surface area (Å²) in [7, 11) is 1.91. The third-order valence-corrected chi connectivity index (χ3v) is 2.80. The number of fused-ring (bicyclic) bond motifs is 1. The number of aromatic nitrogens is 2. The monoisotopic (exact) mass is 258 g/mol. The predicted molar refractivity (Wildman–Crippen MR) is 58.2 cm³/mol. The van der Waals surface area contributed by atoms with E-state index in [2.05, 4.69) is 21.0 Å². The van der Waals surface area contributed by atoms with Gasteiger partial charge in [0.15, 0.2) is 0 Å². The minimum atomic E-state index is 0.745. The summed E-state index contributed by atoms with van der Waals surface area (Å²) in [5, 5.41) is 6.08. The van der Waals surface area contributed by atoms with Crippen molar-refractivity contribution < 1.29 is 0 Å². The summed E-state index contributed by atoms with van der Waals surface area (Å²) in [6.07, 6.45) is 0. The molecule has 4 heteroatoms. The van der Waals surface area contributed by atoms with Crippen LogP contribution in [0, 0.1) is 6.92 Å². The molecule has 68 valence electrons. The molecule has 2 rings (SSSR count). The molecule has 1 aromatic carbocycles. The van der Waals surface area contributed by atoms with Crippen LogP contribution in [-0.4, -0.2) is 9.78 Å². The van der Waals surface area contributed by atoms with Crippen molar-refractivity contribution in [2.75, 3.05) is 0 Å². The molecular formula is C9H8BrClN2. The Hall–Kier alpha value is -0.540. The second-order valence-corrected chi connectivity index (χ2v) is 4.31. The highest BCUT2D eigenvalue weighted by atomic mass is 79.9. The van der Waals surface area contributed by atoms with Gasteiger partial charge in [-0.05, 0) is 19.1 Å². The Bertz CT molecular complexity index is 476. The summed E-state index contributed by atoms with van der Waals surface area (Å²) in [5.41, 5.74) is 2.02. The Morgan fingerprint density at radius 3 is 2.85 bits per heavy atom. The van der Waals surface area contributed by atoms with Crippen LogP contribution >= 0.6 is 27.5 Å². The maximum Gasteiger partial charge on any atom is 0.0708 e. The fraction of sp³-hybridized carbons (Fsp3) is 0.222. The van der Waals surface area contributed by atoms with Crippen LogP contribution in [0.5, 0.6) is 0 Å². The van der Waals surface area contributed by atoms with E-state index < -0.39 is 0 Å². The number of hydrogen-bond donors (Lipinski definition) is 0. The SMILES string of the molecule is Cc1nn(C)c2cc(Br)cc(Cl)c12. The molecule has 0 radical (unpaired) electrons. The van der Waals surface area contributed by atoms with Gasteiger partial charge in [-0.1, -0.05) is 27.5 Å². The quantitative estimate of drug-likeness (QED) is 0.710. The van der Waals surface area contributed by atoms with E-state index in [0.29, 0.717) is 0 Å². The van der Waals surface area contributed by atoms with Crippen molar-refractivity contribution in [1.82, 2.24) is 9.78 Å². The number of halogens is 2. The Balaban J connectivity index is 2.97. The van der Waals surface area contributed by atoms with Crippen molar-refractivity contribution in [1.29, 1.82) is 0 Å². The van der Waals surface area contributed by atoms with Gasteiger partial charge >= 0.3 is 0 Å². The number of hydrogen-bond acceptors (Lipinski definition) is 1. The van der Waals surface area contributed by atoms with Gasteiger partial charge in [0, 0.05) is 16.9 Å².